The van der Waals surface area contributed by atoms with Gasteiger partial charge in [0.1, 0.15) is 5.60 Å². The Bertz CT molecular complexity index is 718. The molecule has 1 aromatic carbocycles. The largest absolute Gasteiger partial charge is 0.367 e. The van der Waals surface area contributed by atoms with Crippen LogP contribution in [0.4, 0.5) is 4.79 Å². The second kappa shape index (κ2) is 7.23. The van der Waals surface area contributed by atoms with Crippen molar-refractivity contribution < 1.29 is 14.1 Å². The van der Waals surface area contributed by atoms with Gasteiger partial charge in [-0.25, -0.2) is 4.79 Å². The number of urea groups is 1. The van der Waals surface area contributed by atoms with Gasteiger partial charge in [0.15, 0.2) is 5.82 Å². The van der Waals surface area contributed by atoms with Gasteiger partial charge in [-0.15, -0.1) is 0 Å². The highest BCUT2D eigenvalue weighted by molar-refractivity contribution is 5.74. The summed E-state index contributed by atoms with van der Waals surface area (Å²) in [6, 6.07) is 9.58. The molecule has 1 N–H and O–H groups in total. The van der Waals surface area contributed by atoms with E-state index < -0.39 is 5.60 Å². The summed E-state index contributed by atoms with van der Waals surface area (Å²) < 4.78 is 11.0. The SMILES string of the molecule is CC[C@@H](NC(=O)N1CCO[C@](C)(c2ccccc2)C1)c1noc(C)n1. The van der Waals surface area contributed by atoms with Crippen molar-refractivity contribution in [2.24, 2.45) is 0 Å². The average Bonchev–Trinajstić information content (AvgIpc) is 3.06. The summed E-state index contributed by atoms with van der Waals surface area (Å²) in [6.07, 6.45) is 0.686. The molecule has 0 radical (unpaired) electrons. The first-order valence-corrected chi connectivity index (χ1v) is 8.57. The predicted octanol–water partition coefficient (Wildman–Crippen LogP) is 2.79. The van der Waals surface area contributed by atoms with Crippen molar-refractivity contribution in [1.82, 2.24) is 20.4 Å². The van der Waals surface area contributed by atoms with Crippen molar-refractivity contribution in [2.75, 3.05) is 19.7 Å². The van der Waals surface area contributed by atoms with E-state index >= 15 is 0 Å². The summed E-state index contributed by atoms with van der Waals surface area (Å²) in [4.78, 5) is 18.7. The van der Waals surface area contributed by atoms with Crippen molar-refractivity contribution in [3.63, 3.8) is 0 Å². The molecule has 1 aromatic heterocycles. The minimum atomic E-state index is -0.513. The third-order valence-corrected chi connectivity index (χ3v) is 4.51. The standard InChI is InChI=1S/C18H24N4O3/c1-4-15(16-19-13(2)25-21-16)20-17(23)22-10-11-24-18(3,12-22)14-8-6-5-7-9-14/h5-9,15H,4,10-12H2,1-3H3,(H,20,23)/t15-,18+/m1/s1. The minimum Gasteiger partial charge on any atom is -0.367 e. The first-order chi connectivity index (χ1) is 12.0. The van der Waals surface area contributed by atoms with Crippen LogP contribution in [0.25, 0.3) is 0 Å². The normalized spacial score (nSPS) is 21.8. The van der Waals surface area contributed by atoms with Crippen LogP contribution < -0.4 is 5.32 Å². The van der Waals surface area contributed by atoms with E-state index in [0.29, 0.717) is 37.8 Å². The number of morpholine rings is 1. The number of nitrogens with zero attached hydrogens (tertiary/aromatic N) is 3. The molecule has 0 spiro atoms. The maximum absolute atomic E-state index is 12.7. The Morgan fingerprint density at radius 2 is 2.16 bits per heavy atom. The van der Waals surface area contributed by atoms with Gasteiger partial charge < -0.3 is 19.5 Å². The summed E-state index contributed by atoms with van der Waals surface area (Å²) in [5.41, 5.74) is 0.551. The number of carbonyl (C=O) groups excluding carboxylic acids is 1. The van der Waals surface area contributed by atoms with Gasteiger partial charge in [-0.05, 0) is 18.9 Å². The number of rotatable bonds is 4. The molecule has 25 heavy (non-hydrogen) atoms. The molecular weight excluding hydrogens is 320 g/mol. The van der Waals surface area contributed by atoms with Gasteiger partial charge in [-0.2, -0.15) is 4.98 Å². The zero-order valence-electron chi connectivity index (χ0n) is 14.9. The maximum Gasteiger partial charge on any atom is 0.318 e. The highest BCUT2D eigenvalue weighted by Gasteiger charge is 2.36. The Kier molecular flexibility index (Phi) is 5.03. The van der Waals surface area contributed by atoms with Gasteiger partial charge in [0.05, 0.1) is 19.2 Å². The van der Waals surface area contributed by atoms with Crippen molar-refractivity contribution in [2.45, 2.75) is 38.8 Å². The van der Waals surface area contributed by atoms with Crippen LogP contribution in [0.3, 0.4) is 0 Å². The van der Waals surface area contributed by atoms with Crippen molar-refractivity contribution in [1.29, 1.82) is 0 Å². The lowest BCUT2D eigenvalue weighted by atomic mass is 9.94. The minimum absolute atomic E-state index is 0.139. The van der Waals surface area contributed by atoms with Crippen LogP contribution >= 0.6 is 0 Å². The van der Waals surface area contributed by atoms with E-state index in [1.54, 1.807) is 11.8 Å². The fourth-order valence-corrected chi connectivity index (χ4v) is 3.05. The molecule has 2 heterocycles. The van der Waals surface area contributed by atoms with E-state index in [1.807, 2.05) is 44.2 Å². The van der Waals surface area contributed by atoms with Gasteiger partial charge in [0, 0.05) is 13.5 Å². The van der Waals surface area contributed by atoms with Crippen molar-refractivity contribution >= 4 is 6.03 Å². The first kappa shape index (κ1) is 17.4. The highest BCUT2D eigenvalue weighted by Crippen LogP contribution is 2.29. The van der Waals surface area contributed by atoms with Crippen LogP contribution in [0.15, 0.2) is 34.9 Å². The van der Waals surface area contributed by atoms with Gasteiger partial charge in [-0.3, -0.25) is 0 Å². The summed E-state index contributed by atoms with van der Waals surface area (Å²) in [5, 5.41) is 6.92. The fraction of sp³-hybridized carbons (Fsp3) is 0.500. The van der Waals surface area contributed by atoms with Crippen molar-refractivity contribution in [3.05, 3.63) is 47.6 Å². The quantitative estimate of drug-likeness (QED) is 0.922. The molecule has 1 saturated heterocycles. The monoisotopic (exact) mass is 344 g/mol. The second-order valence-electron chi connectivity index (χ2n) is 6.45. The van der Waals surface area contributed by atoms with E-state index in [9.17, 15) is 4.79 Å². The van der Waals surface area contributed by atoms with Crippen LogP contribution in [0.2, 0.25) is 0 Å². The van der Waals surface area contributed by atoms with Gasteiger partial charge in [0.2, 0.25) is 5.89 Å². The van der Waals surface area contributed by atoms with Gasteiger partial charge >= 0.3 is 6.03 Å². The maximum atomic E-state index is 12.7. The number of aryl methyl sites for hydroxylation is 1. The molecule has 7 heteroatoms. The molecular formula is C18H24N4O3. The number of amides is 2. The van der Waals surface area contributed by atoms with E-state index in [-0.39, 0.29) is 12.1 Å². The predicted molar refractivity (Wildman–Crippen MR) is 91.9 cm³/mol. The Balaban J connectivity index is 1.69. The lowest BCUT2D eigenvalue weighted by molar-refractivity contribution is -0.0908. The molecule has 0 aliphatic carbocycles. The number of hydrogen-bond donors (Lipinski definition) is 1. The summed E-state index contributed by atoms with van der Waals surface area (Å²) in [7, 11) is 0. The van der Waals surface area contributed by atoms with Crippen LogP contribution in [0.5, 0.6) is 0 Å². The molecule has 0 bridgehead atoms. The Morgan fingerprint density at radius 1 is 1.40 bits per heavy atom. The zero-order valence-corrected chi connectivity index (χ0v) is 14.9. The van der Waals surface area contributed by atoms with E-state index in [4.69, 9.17) is 9.26 Å². The zero-order chi connectivity index (χ0) is 17.9. The summed E-state index contributed by atoms with van der Waals surface area (Å²) in [5.74, 6) is 0.998. The Hall–Kier alpha value is -2.41. The molecule has 7 nitrogen and oxygen atoms in total. The molecule has 1 aliphatic rings. The van der Waals surface area contributed by atoms with E-state index in [1.165, 1.54) is 0 Å². The molecule has 0 unspecified atom stereocenters. The molecule has 0 saturated carbocycles. The number of ether oxygens (including phenoxy) is 1. The lowest BCUT2D eigenvalue weighted by Crippen LogP contribution is -2.53. The first-order valence-electron chi connectivity index (χ1n) is 8.57. The van der Waals surface area contributed by atoms with Gasteiger partial charge in [-0.1, -0.05) is 42.4 Å². The molecule has 3 rings (SSSR count). The number of carbonyl (C=O) groups is 1. The van der Waals surface area contributed by atoms with Crippen LogP contribution in [-0.4, -0.2) is 40.8 Å². The van der Waals surface area contributed by atoms with E-state index in [0.717, 1.165) is 5.56 Å². The van der Waals surface area contributed by atoms with Gasteiger partial charge in [0.25, 0.3) is 0 Å². The molecule has 1 aliphatic heterocycles. The summed E-state index contributed by atoms with van der Waals surface area (Å²) >= 11 is 0. The fourth-order valence-electron chi connectivity index (χ4n) is 3.05. The Labute approximate surface area is 147 Å². The topological polar surface area (TPSA) is 80.5 Å². The Morgan fingerprint density at radius 3 is 2.80 bits per heavy atom. The smallest absolute Gasteiger partial charge is 0.318 e. The van der Waals surface area contributed by atoms with Crippen LogP contribution in [-0.2, 0) is 10.3 Å². The number of benzene rings is 1. The third kappa shape index (κ3) is 3.82. The van der Waals surface area contributed by atoms with Crippen LogP contribution in [0.1, 0.15) is 43.6 Å². The van der Waals surface area contributed by atoms with E-state index in [2.05, 4.69) is 15.5 Å². The molecule has 134 valence electrons. The second-order valence-corrected chi connectivity index (χ2v) is 6.45. The molecule has 2 aromatic rings. The van der Waals surface area contributed by atoms with Crippen molar-refractivity contribution in [3.8, 4) is 0 Å². The molecule has 2 amide bonds. The number of aromatic nitrogens is 2. The number of hydrogen-bond acceptors (Lipinski definition) is 5. The molecule has 2 atom stereocenters. The highest BCUT2D eigenvalue weighted by atomic mass is 16.5. The number of nitrogens with one attached hydrogen (secondary N) is 1. The third-order valence-electron chi connectivity index (χ3n) is 4.51. The lowest BCUT2D eigenvalue weighted by Gasteiger charge is -2.41. The molecule has 1 fully saturated rings. The summed E-state index contributed by atoms with van der Waals surface area (Å²) in [6.45, 7) is 7.27. The average molecular weight is 344 g/mol. The van der Waals surface area contributed by atoms with Crippen LogP contribution in [0, 0.1) is 6.92 Å².